The van der Waals surface area contributed by atoms with Gasteiger partial charge in [0.1, 0.15) is 11.5 Å². The summed E-state index contributed by atoms with van der Waals surface area (Å²) in [6, 6.07) is 12.6. The summed E-state index contributed by atoms with van der Waals surface area (Å²) in [5.41, 5.74) is 2.54. The number of carbonyl (C=O) groups is 2. The van der Waals surface area contributed by atoms with Gasteiger partial charge in [0.05, 0.1) is 26.7 Å². The Balaban J connectivity index is 1.82. The molecule has 1 N–H and O–H groups in total. The van der Waals surface area contributed by atoms with Gasteiger partial charge in [-0.2, -0.15) is 0 Å². The number of ether oxygens (including phenoxy) is 2. The molecule has 1 aliphatic rings. The van der Waals surface area contributed by atoms with Crippen LogP contribution < -0.4 is 14.8 Å². The van der Waals surface area contributed by atoms with E-state index in [4.69, 9.17) is 9.47 Å². The van der Waals surface area contributed by atoms with E-state index in [9.17, 15) is 9.59 Å². The molecule has 2 aromatic rings. The second-order valence-electron chi connectivity index (χ2n) is 6.24. The zero-order chi connectivity index (χ0) is 19.4. The second-order valence-corrected chi connectivity index (χ2v) is 6.24. The van der Waals surface area contributed by atoms with Crippen LogP contribution in [0, 0.1) is 0 Å². The third-order valence-corrected chi connectivity index (χ3v) is 4.48. The average Bonchev–Trinajstić information content (AvgIpc) is 2.67. The standard InChI is InChI=1S/C21H22N2O4/c1-14(24)23-9-8-15-6-4-5-7-19(15)20(23)13-21(25)22-16-10-17(26-2)12-18(11-16)27-3/h4-12,20H,13H2,1-3H3,(H,22,25). The van der Waals surface area contributed by atoms with Gasteiger partial charge in [-0.1, -0.05) is 24.3 Å². The summed E-state index contributed by atoms with van der Waals surface area (Å²) in [4.78, 5) is 26.3. The zero-order valence-corrected chi connectivity index (χ0v) is 15.6. The predicted molar refractivity (Wildman–Crippen MR) is 104 cm³/mol. The maximum absolute atomic E-state index is 12.7. The van der Waals surface area contributed by atoms with Crippen molar-refractivity contribution in [2.24, 2.45) is 0 Å². The third kappa shape index (κ3) is 4.11. The lowest BCUT2D eigenvalue weighted by molar-refractivity contribution is -0.129. The van der Waals surface area contributed by atoms with Crippen molar-refractivity contribution in [3.05, 3.63) is 59.8 Å². The number of fused-ring (bicyclic) bond motifs is 1. The van der Waals surface area contributed by atoms with Gasteiger partial charge >= 0.3 is 0 Å². The van der Waals surface area contributed by atoms with Crippen molar-refractivity contribution < 1.29 is 19.1 Å². The first-order chi connectivity index (χ1) is 13.0. The van der Waals surface area contributed by atoms with E-state index in [0.29, 0.717) is 17.2 Å². The Hall–Kier alpha value is -3.28. The van der Waals surface area contributed by atoms with E-state index in [1.165, 1.54) is 6.92 Å². The minimum Gasteiger partial charge on any atom is -0.497 e. The van der Waals surface area contributed by atoms with Crippen LogP contribution in [0.3, 0.4) is 0 Å². The van der Waals surface area contributed by atoms with Gasteiger partial charge in [-0.25, -0.2) is 0 Å². The molecule has 2 aromatic carbocycles. The maximum atomic E-state index is 12.7. The van der Waals surface area contributed by atoms with Crippen LogP contribution in [0.5, 0.6) is 11.5 Å². The SMILES string of the molecule is COc1cc(NC(=O)CC2c3ccccc3C=CN2C(C)=O)cc(OC)c1. The minimum atomic E-state index is -0.351. The van der Waals surface area contributed by atoms with Gasteiger partial charge in [0.15, 0.2) is 0 Å². The normalized spacial score (nSPS) is 15.1. The lowest BCUT2D eigenvalue weighted by Crippen LogP contribution is -2.33. The maximum Gasteiger partial charge on any atom is 0.226 e. The summed E-state index contributed by atoms with van der Waals surface area (Å²) in [6.07, 6.45) is 3.76. The van der Waals surface area contributed by atoms with Crippen LogP contribution in [-0.2, 0) is 9.59 Å². The summed E-state index contributed by atoms with van der Waals surface area (Å²) >= 11 is 0. The topological polar surface area (TPSA) is 67.9 Å². The first-order valence-corrected chi connectivity index (χ1v) is 8.60. The number of hydrogen-bond donors (Lipinski definition) is 1. The fourth-order valence-corrected chi connectivity index (χ4v) is 3.18. The van der Waals surface area contributed by atoms with Crippen LogP contribution in [0.25, 0.3) is 6.08 Å². The predicted octanol–water partition coefficient (Wildman–Crippen LogP) is 3.61. The summed E-state index contributed by atoms with van der Waals surface area (Å²) in [5, 5.41) is 2.87. The minimum absolute atomic E-state index is 0.110. The molecule has 140 valence electrons. The monoisotopic (exact) mass is 366 g/mol. The Bertz CT molecular complexity index is 869. The lowest BCUT2D eigenvalue weighted by atomic mass is 9.93. The smallest absolute Gasteiger partial charge is 0.226 e. The molecule has 0 bridgehead atoms. The van der Waals surface area contributed by atoms with Crippen LogP contribution in [0.15, 0.2) is 48.7 Å². The lowest BCUT2D eigenvalue weighted by Gasteiger charge is -2.32. The Morgan fingerprint density at radius 2 is 1.74 bits per heavy atom. The van der Waals surface area contributed by atoms with Crippen molar-refractivity contribution in [1.29, 1.82) is 0 Å². The van der Waals surface area contributed by atoms with Crippen LogP contribution in [0.2, 0.25) is 0 Å². The van der Waals surface area contributed by atoms with E-state index in [0.717, 1.165) is 11.1 Å². The van der Waals surface area contributed by atoms with E-state index in [1.807, 2.05) is 30.3 Å². The molecule has 6 heteroatoms. The van der Waals surface area contributed by atoms with Crippen LogP contribution in [0.4, 0.5) is 5.69 Å². The number of methoxy groups -OCH3 is 2. The van der Waals surface area contributed by atoms with E-state index in [-0.39, 0.29) is 24.3 Å². The molecule has 0 aliphatic carbocycles. The highest BCUT2D eigenvalue weighted by Gasteiger charge is 2.28. The fourth-order valence-electron chi connectivity index (χ4n) is 3.18. The third-order valence-electron chi connectivity index (χ3n) is 4.48. The van der Waals surface area contributed by atoms with Gasteiger partial charge in [-0.05, 0) is 17.2 Å². The van der Waals surface area contributed by atoms with Gasteiger partial charge < -0.3 is 19.7 Å². The molecule has 1 unspecified atom stereocenters. The first kappa shape index (κ1) is 18.5. The highest BCUT2D eigenvalue weighted by molar-refractivity contribution is 5.92. The molecule has 1 aliphatic heterocycles. The molecule has 3 rings (SSSR count). The highest BCUT2D eigenvalue weighted by atomic mass is 16.5. The van der Waals surface area contributed by atoms with E-state index in [1.54, 1.807) is 43.5 Å². The van der Waals surface area contributed by atoms with Crippen molar-refractivity contribution in [3.63, 3.8) is 0 Å². The van der Waals surface area contributed by atoms with E-state index in [2.05, 4.69) is 5.32 Å². The average molecular weight is 366 g/mol. The Kier molecular flexibility index (Phi) is 5.45. The highest BCUT2D eigenvalue weighted by Crippen LogP contribution is 2.33. The summed E-state index contributed by atoms with van der Waals surface area (Å²) < 4.78 is 10.5. The molecule has 0 saturated heterocycles. The Labute approximate surface area is 158 Å². The second kappa shape index (κ2) is 7.95. The fraction of sp³-hybridized carbons (Fsp3) is 0.238. The van der Waals surface area contributed by atoms with Gasteiger partial charge in [0.2, 0.25) is 11.8 Å². The molecule has 0 radical (unpaired) electrons. The molecular formula is C21H22N2O4. The summed E-state index contributed by atoms with van der Waals surface area (Å²) in [7, 11) is 3.10. The molecule has 0 saturated carbocycles. The number of hydrogen-bond acceptors (Lipinski definition) is 4. The van der Waals surface area contributed by atoms with Gasteiger partial charge in [-0.3, -0.25) is 9.59 Å². The van der Waals surface area contributed by atoms with Crippen molar-refractivity contribution in [1.82, 2.24) is 4.90 Å². The number of anilines is 1. The Morgan fingerprint density at radius 1 is 1.07 bits per heavy atom. The quantitative estimate of drug-likeness (QED) is 0.878. The molecule has 6 nitrogen and oxygen atoms in total. The Morgan fingerprint density at radius 3 is 2.37 bits per heavy atom. The van der Waals surface area contributed by atoms with Crippen molar-refractivity contribution in [2.45, 2.75) is 19.4 Å². The molecule has 0 spiro atoms. The molecule has 2 amide bonds. The van der Waals surface area contributed by atoms with Crippen molar-refractivity contribution >= 4 is 23.6 Å². The number of rotatable bonds is 5. The van der Waals surface area contributed by atoms with Crippen molar-refractivity contribution in [2.75, 3.05) is 19.5 Å². The molecule has 0 fully saturated rings. The van der Waals surface area contributed by atoms with Gasteiger partial charge in [-0.15, -0.1) is 0 Å². The zero-order valence-electron chi connectivity index (χ0n) is 15.6. The largest absolute Gasteiger partial charge is 0.497 e. The number of carbonyl (C=O) groups excluding carboxylic acids is 2. The van der Waals surface area contributed by atoms with Crippen LogP contribution in [-0.4, -0.2) is 30.9 Å². The van der Waals surface area contributed by atoms with E-state index >= 15 is 0 Å². The van der Waals surface area contributed by atoms with Crippen LogP contribution >= 0.6 is 0 Å². The van der Waals surface area contributed by atoms with Gasteiger partial charge in [0, 0.05) is 37.0 Å². The van der Waals surface area contributed by atoms with Crippen molar-refractivity contribution in [3.8, 4) is 11.5 Å². The number of nitrogens with one attached hydrogen (secondary N) is 1. The number of nitrogens with zero attached hydrogens (tertiary/aromatic N) is 1. The molecule has 1 heterocycles. The van der Waals surface area contributed by atoms with Crippen LogP contribution in [0.1, 0.15) is 30.5 Å². The number of amides is 2. The molecule has 1 atom stereocenters. The first-order valence-electron chi connectivity index (χ1n) is 8.60. The molecular weight excluding hydrogens is 344 g/mol. The molecule has 0 aromatic heterocycles. The summed E-state index contributed by atoms with van der Waals surface area (Å²) in [5.74, 6) is 0.857. The van der Waals surface area contributed by atoms with Gasteiger partial charge in [0.25, 0.3) is 0 Å². The number of benzene rings is 2. The van der Waals surface area contributed by atoms with E-state index < -0.39 is 0 Å². The summed E-state index contributed by atoms with van der Waals surface area (Å²) in [6.45, 7) is 1.50. The molecule has 27 heavy (non-hydrogen) atoms.